The minimum absolute atomic E-state index is 0.00902. The van der Waals surface area contributed by atoms with Crippen LogP contribution < -0.4 is 5.32 Å². The Bertz CT molecular complexity index is 1150. The molecule has 4 nitrogen and oxygen atoms in total. The van der Waals surface area contributed by atoms with Gasteiger partial charge in [-0.05, 0) is 41.7 Å². The fourth-order valence-corrected chi connectivity index (χ4v) is 6.10. The maximum absolute atomic E-state index is 13.8. The van der Waals surface area contributed by atoms with Crippen molar-refractivity contribution in [1.29, 1.82) is 0 Å². The first-order valence-electron chi connectivity index (χ1n) is 13.6. The quantitative estimate of drug-likeness (QED) is 0.247. The Labute approximate surface area is 236 Å². The normalized spacial score (nSPS) is 14.6. The Hall–Kier alpha value is -2.76. The first-order valence-corrected chi connectivity index (χ1v) is 15.1. The number of rotatable bonds is 12. The van der Waals surface area contributed by atoms with Gasteiger partial charge in [-0.15, -0.1) is 0 Å². The van der Waals surface area contributed by atoms with Crippen molar-refractivity contribution in [3.63, 3.8) is 0 Å². The van der Waals surface area contributed by atoms with Gasteiger partial charge in [0.15, 0.2) is 0 Å². The number of thioether (sulfide) groups is 1. The fourth-order valence-electron chi connectivity index (χ4n) is 5.00. The summed E-state index contributed by atoms with van der Waals surface area (Å²) in [6, 6.07) is 27.4. The molecule has 2 amide bonds. The highest BCUT2D eigenvalue weighted by Crippen LogP contribution is 2.22. The van der Waals surface area contributed by atoms with Crippen LogP contribution in [0.25, 0.3) is 0 Å². The molecule has 38 heavy (non-hydrogen) atoms. The molecule has 0 heterocycles. The van der Waals surface area contributed by atoms with E-state index in [1.54, 1.807) is 16.7 Å². The second-order valence-electron chi connectivity index (χ2n) is 9.99. The zero-order valence-electron chi connectivity index (χ0n) is 21.9. The molecule has 0 bridgehead atoms. The number of carbonyl (C=O) groups excluding carboxylic acids is 2. The van der Waals surface area contributed by atoms with Crippen molar-refractivity contribution < 1.29 is 9.59 Å². The van der Waals surface area contributed by atoms with E-state index in [2.05, 4.69) is 17.4 Å². The minimum atomic E-state index is -0.593. The SMILES string of the molecule is O=C(NC1CCCCC1)[C@@H](Cc1ccccc1)N(Cc1cccc(Cl)c1)C(=O)CCSCc1ccccc1. The Kier molecular flexibility index (Phi) is 11.1. The number of hydrogen-bond acceptors (Lipinski definition) is 3. The summed E-state index contributed by atoms with van der Waals surface area (Å²) in [4.78, 5) is 29.3. The van der Waals surface area contributed by atoms with E-state index in [9.17, 15) is 9.59 Å². The van der Waals surface area contributed by atoms with Crippen molar-refractivity contribution in [1.82, 2.24) is 10.2 Å². The predicted molar refractivity (Wildman–Crippen MR) is 158 cm³/mol. The highest BCUT2D eigenvalue weighted by Gasteiger charge is 2.31. The molecule has 3 aromatic carbocycles. The highest BCUT2D eigenvalue weighted by molar-refractivity contribution is 7.98. The molecule has 4 rings (SSSR count). The fraction of sp³-hybridized carbons (Fsp3) is 0.375. The molecule has 0 aromatic heterocycles. The second-order valence-corrected chi connectivity index (χ2v) is 11.5. The van der Waals surface area contributed by atoms with E-state index in [1.165, 1.54) is 12.0 Å². The van der Waals surface area contributed by atoms with Gasteiger partial charge in [-0.1, -0.05) is 104 Å². The zero-order valence-corrected chi connectivity index (χ0v) is 23.4. The molecule has 0 saturated heterocycles. The van der Waals surface area contributed by atoms with Crippen LogP contribution >= 0.6 is 23.4 Å². The first-order chi connectivity index (χ1) is 18.6. The molecule has 1 fully saturated rings. The van der Waals surface area contributed by atoms with Crippen LogP contribution in [0, 0.1) is 0 Å². The molecular weight excluding hydrogens is 512 g/mol. The molecule has 3 aromatic rings. The molecule has 1 aliphatic rings. The summed E-state index contributed by atoms with van der Waals surface area (Å²) in [6.45, 7) is 0.346. The van der Waals surface area contributed by atoms with Gasteiger partial charge in [-0.3, -0.25) is 9.59 Å². The monoisotopic (exact) mass is 548 g/mol. The van der Waals surface area contributed by atoms with Gasteiger partial charge in [0.25, 0.3) is 0 Å². The van der Waals surface area contributed by atoms with E-state index in [0.717, 1.165) is 42.6 Å². The molecular formula is C32H37ClN2O2S. The van der Waals surface area contributed by atoms with Gasteiger partial charge in [-0.25, -0.2) is 0 Å². The van der Waals surface area contributed by atoms with Crippen molar-refractivity contribution in [2.45, 2.75) is 69.3 Å². The predicted octanol–water partition coefficient (Wildman–Crippen LogP) is 7.05. The molecule has 0 radical (unpaired) electrons. The standard InChI is InChI=1S/C32H37ClN2O2S/c33-28-16-10-15-27(21-28)23-35(31(36)19-20-38-24-26-13-6-2-7-14-26)30(22-25-11-4-1-5-12-25)32(37)34-29-17-8-3-9-18-29/h1-2,4-7,10-16,21,29-30H,3,8-9,17-20,22-24H2,(H,34,37)/t30-/m1/s1. The van der Waals surface area contributed by atoms with Crippen molar-refractivity contribution >= 4 is 35.2 Å². The largest absolute Gasteiger partial charge is 0.352 e. The maximum Gasteiger partial charge on any atom is 0.243 e. The lowest BCUT2D eigenvalue weighted by Gasteiger charge is -2.33. The maximum atomic E-state index is 13.8. The Morgan fingerprint density at radius 1 is 0.868 bits per heavy atom. The van der Waals surface area contributed by atoms with Crippen molar-refractivity contribution in [2.75, 3.05) is 5.75 Å². The first kappa shape index (κ1) is 28.3. The van der Waals surface area contributed by atoms with Crippen LogP contribution in [0.4, 0.5) is 0 Å². The molecule has 1 saturated carbocycles. The van der Waals surface area contributed by atoms with Crippen molar-refractivity contribution in [3.05, 3.63) is 107 Å². The van der Waals surface area contributed by atoms with E-state index < -0.39 is 6.04 Å². The summed E-state index contributed by atoms with van der Waals surface area (Å²) in [5.41, 5.74) is 3.21. The molecule has 1 atom stereocenters. The van der Waals surface area contributed by atoms with Crippen molar-refractivity contribution in [3.8, 4) is 0 Å². The summed E-state index contributed by atoms with van der Waals surface area (Å²) >= 11 is 8.03. The number of nitrogens with zero attached hydrogens (tertiary/aromatic N) is 1. The van der Waals surface area contributed by atoms with Crippen molar-refractivity contribution in [2.24, 2.45) is 0 Å². The van der Waals surface area contributed by atoms with E-state index in [-0.39, 0.29) is 17.9 Å². The van der Waals surface area contributed by atoms with Gasteiger partial charge >= 0.3 is 0 Å². The Morgan fingerprint density at radius 3 is 2.21 bits per heavy atom. The van der Waals surface area contributed by atoms with Crippen LogP contribution in [0.3, 0.4) is 0 Å². The Balaban J connectivity index is 1.52. The molecule has 0 aliphatic heterocycles. The van der Waals surface area contributed by atoms with Crippen LogP contribution in [0.2, 0.25) is 5.02 Å². The summed E-state index contributed by atoms with van der Waals surface area (Å²) in [6.07, 6.45) is 6.35. The lowest BCUT2D eigenvalue weighted by Crippen LogP contribution is -2.52. The number of hydrogen-bond donors (Lipinski definition) is 1. The van der Waals surface area contributed by atoms with Crippen LogP contribution in [-0.4, -0.2) is 34.6 Å². The molecule has 1 N–H and O–H groups in total. The van der Waals surface area contributed by atoms with E-state index in [1.807, 2.05) is 72.8 Å². The summed E-state index contributed by atoms with van der Waals surface area (Å²) in [5.74, 6) is 1.48. The molecule has 200 valence electrons. The number of nitrogens with one attached hydrogen (secondary N) is 1. The third-order valence-corrected chi connectivity index (χ3v) is 8.30. The van der Waals surface area contributed by atoms with Crippen LogP contribution in [-0.2, 0) is 28.3 Å². The van der Waals surface area contributed by atoms with Gasteiger partial charge in [-0.2, -0.15) is 11.8 Å². The lowest BCUT2D eigenvalue weighted by atomic mass is 9.94. The summed E-state index contributed by atoms with van der Waals surface area (Å²) < 4.78 is 0. The molecule has 0 spiro atoms. The number of halogens is 1. The van der Waals surface area contributed by atoms with Gasteiger partial charge in [0.1, 0.15) is 6.04 Å². The highest BCUT2D eigenvalue weighted by atomic mass is 35.5. The van der Waals surface area contributed by atoms with Crippen LogP contribution in [0.1, 0.15) is 55.2 Å². The third-order valence-electron chi connectivity index (χ3n) is 7.04. The lowest BCUT2D eigenvalue weighted by molar-refractivity contribution is -0.141. The third kappa shape index (κ3) is 8.92. The minimum Gasteiger partial charge on any atom is -0.352 e. The summed E-state index contributed by atoms with van der Waals surface area (Å²) in [5, 5.41) is 3.92. The van der Waals surface area contributed by atoms with Gasteiger partial charge in [0.05, 0.1) is 0 Å². The molecule has 6 heteroatoms. The van der Waals surface area contributed by atoms with E-state index in [0.29, 0.717) is 30.2 Å². The number of amides is 2. The summed E-state index contributed by atoms with van der Waals surface area (Å²) in [7, 11) is 0. The topological polar surface area (TPSA) is 49.4 Å². The molecule has 1 aliphatic carbocycles. The van der Waals surface area contributed by atoms with E-state index in [4.69, 9.17) is 11.6 Å². The van der Waals surface area contributed by atoms with Crippen LogP contribution in [0.15, 0.2) is 84.9 Å². The van der Waals surface area contributed by atoms with Gasteiger partial charge in [0.2, 0.25) is 11.8 Å². The van der Waals surface area contributed by atoms with Gasteiger partial charge in [0, 0.05) is 42.0 Å². The van der Waals surface area contributed by atoms with Gasteiger partial charge < -0.3 is 10.2 Å². The average molecular weight is 549 g/mol. The molecule has 0 unspecified atom stereocenters. The smallest absolute Gasteiger partial charge is 0.243 e. The Morgan fingerprint density at radius 2 is 1.53 bits per heavy atom. The zero-order chi connectivity index (χ0) is 26.6. The average Bonchev–Trinajstić information content (AvgIpc) is 2.94. The second kappa shape index (κ2) is 15.0. The number of benzene rings is 3. The van der Waals surface area contributed by atoms with E-state index >= 15 is 0 Å². The van der Waals surface area contributed by atoms with Crippen LogP contribution in [0.5, 0.6) is 0 Å². The number of carbonyl (C=O) groups is 2.